The summed E-state index contributed by atoms with van der Waals surface area (Å²) in [7, 11) is 0. The van der Waals surface area contributed by atoms with Crippen LogP contribution in [0.5, 0.6) is 0 Å². The van der Waals surface area contributed by atoms with Crippen LogP contribution in [0.1, 0.15) is 13.8 Å². The zero-order chi connectivity index (χ0) is 15.8. The van der Waals surface area contributed by atoms with Crippen LogP contribution in [0.25, 0.3) is 0 Å². The topological polar surface area (TPSA) is 76.0 Å². The molecule has 0 saturated heterocycles. The zero-order valence-corrected chi connectivity index (χ0v) is 12.5. The summed E-state index contributed by atoms with van der Waals surface area (Å²) in [5.74, 6) is -2.39. The van der Waals surface area contributed by atoms with Crippen LogP contribution in [0.3, 0.4) is 0 Å². The molecular formula is C14H15ClN2O4. The van der Waals surface area contributed by atoms with Gasteiger partial charge in [0.15, 0.2) is 5.78 Å². The highest BCUT2D eigenvalue weighted by molar-refractivity contribution is 6.64. The van der Waals surface area contributed by atoms with Gasteiger partial charge < -0.3 is 4.74 Å². The van der Waals surface area contributed by atoms with Gasteiger partial charge in [-0.2, -0.15) is 10.1 Å². The molecule has 0 spiro atoms. The maximum Gasteiger partial charge on any atom is 0.362 e. The Morgan fingerprint density at radius 3 is 2.33 bits per heavy atom. The van der Waals surface area contributed by atoms with Crippen molar-refractivity contribution in [2.24, 2.45) is 5.10 Å². The number of ether oxygens (including phenoxy) is 1. The van der Waals surface area contributed by atoms with Gasteiger partial charge in [-0.05, 0) is 19.1 Å². The van der Waals surface area contributed by atoms with E-state index < -0.39 is 23.4 Å². The molecule has 0 aliphatic carbocycles. The number of alkyl halides is 1. The number of hydrogen-bond donors (Lipinski definition) is 0. The lowest BCUT2D eigenvalue weighted by molar-refractivity contribution is -0.135. The minimum Gasteiger partial charge on any atom is -0.461 e. The van der Waals surface area contributed by atoms with Crippen molar-refractivity contribution in [1.82, 2.24) is 0 Å². The number of para-hydroxylation sites is 1. The van der Waals surface area contributed by atoms with Crippen LogP contribution in [-0.2, 0) is 19.1 Å². The molecule has 0 radical (unpaired) electrons. The average molecular weight is 311 g/mol. The molecule has 1 rings (SSSR count). The quantitative estimate of drug-likeness (QED) is 0.264. The van der Waals surface area contributed by atoms with Gasteiger partial charge in [-0.1, -0.05) is 18.2 Å². The standard InChI is InChI=1S/C14H15ClN2O4/c1-3-21-14(20)13(10(2)18)16-17(12(19)9-15)11-7-5-4-6-8-11/h4-8H,3,9H2,1-2H3/b16-13+. The molecule has 1 aromatic rings. The molecule has 21 heavy (non-hydrogen) atoms. The smallest absolute Gasteiger partial charge is 0.362 e. The zero-order valence-electron chi connectivity index (χ0n) is 11.7. The van der Waals surface area contributed by atoms with Gasteiger partial charge in [-0.3, -0.25) is 9.59 Å². The summed E-state index contributed by atoms with van der Waals surface area (Å²) in [5, 5.41) is 4.74. The maximum absolute atomic E-state index is 11.9. The summed E-state index contributed by atoms with van der Waals surface area (Å²) in [6, 6.07) is 8.36. The molecule has 0 atom stereocenters. The number of carbonyl (C=O) groups excluding carboxylic acids is 3. The molecule has 0 unspecified atom stereocenters. The molecule has 7 heteroatoms. The van der Waals surface area contributed by atoms with Gasteiger partial charge >= 0.3 is 5.97 Å². The van der Waals surface area contributed by atoms with Crippen LogP contribution < -0.4 is 5.01 Å². The summed E-state index contributed by atoms with van der Waals surface area (Å²) in [6.45, 7) is 2.87. The van der Waals surface area contributed by atoms with E-state index in [1.807, 2.05) is 0 Å². The first-order valence-electron chi connectivity index (χ1n) is 6.21. The lowest BCUT2D eigenvalue weighted by Gasteiger charge is -2.17. The van der Waals surface area contributed by atoms with Gasteiger partial charge in [0.25, 0.3) is 5.91 Å². The number of esters is 1. The predicted octanol–water partition coefficient (Wildman–Crippen LogP) is 1.77. The molecule has 0 aromatic heterocycles. The lowest BCUT2D eigenvalue weighted by atomic mass is 10.2. The number of benzene rings is 1. The minimum atomic E-state index is -0.881. The number of carbonyl (C=O) groups is 3. The first-order chi connectivity index (χ1) is 10.0. The van der Waals surface area contributed by atoms with E-state index >= 15 is 0 Å². The second-order valence-electron chi connectivity index (χ2n) is 3.90. The Labute approximate surface area is 127 Å². The number of hydrogen-bond acceptors (Lipinski definition) is 5. The summed E-state index contributed by atoms with van der Waals surface area (Å²) in [5.41, 5.74) is -0.0645. The fourth-order valence-electron chi connectivity index (χ4n) is 1.44. The molecule has 0 aliphatic rings. The largest absolute Gasteiger partial charge is 0.461 e. The predicted molar refractivity (Wildman–Crippen MR) is 79.4 cm³/mol. The number of rotatable bonds is 6. The van der Waals surface area contributed by atoms with E-state index in [-0.39, 0.29) is 12.5 Å². The third-order valence-corrected chi connectivity index (χ3v) is 2.58. The molecule has 1 aromatic carbocycles. The Morgan fingerprint density at radius 2 is 1.86 bits per heavy atom. The van der Waals surface area contributed by atoms with E-state index in [1.54, 1.807) is 37.3 Å². The lowest BCUT2D eigenvalue weighted by Crippen LogP contribution is -2.33. The summed E-state index contributed by atoms with van der Waals surface area (Å²) in [6.07, 6.45) is 0. The minimum absolute atomic E-state index is 0.0971. The maximum atomic E-state index is 11.9. The fraction of sp³-hybridized carbons (Fsp3) is 0.286. The Bertz CT molecular complexity index is 557. The summed E-state index contributed by atoms with van der Waals surface area (Å²) < 4.78 is 4.75. The molecule has 0 heterocycles. The molecular weight excluding hydrogens is 296 g/mol. The summed E-state index contributed by atoms with van der Waals surface area (Å²) >= 11 is 5.54. The Hall–Kier alpha value is -2.21. The van der Waals surface area contributed by atoms with Gasteiger partial charge in [0.05, 0.1) is 12.3 Å². The van der Waals surface area contributed by atoms with Crippen molar-refractivity contribution in [2.45, 2.75) is 13.8 Å². The summed E-state index contributed by atoms with van der Waals surface area (Å²) in [4.78, 5) is 35.1. The average Bonchev–Trinajstić information content (AvgIpc) is 2.48. The van der Waals surface area contributed by atoms with Gasteiger partial charge in [-0.25, -0.2) is 4.79 Å². The van der Waals surface area contributed by atoms with E-state index in [9.17, 15) is 14.4 Å². The highest BCUT2D eigenvalue weighted by Crippen LogP contribution is 2.15. The first kappa shape index (κ1) is 16.8. The van der Waals surface area contributed by atoms with E-state index in [0.717, 1.165) is 5.01 Å². The van der Waals surface area contributed by atoms with E-state index in [4.69, 9.17) is 16.3 Å². The van der Waals surface area contributed by atoms with Crippen molar-refractivity contribution < 1.29 is 19.1 Å². The Morgan fingerprint density at radius 1 is 1.24 bits per heavy atom. The fourth-order valence-corrected chi connectivity index (χ4v) is 1.55. The highest BCUT2D eigenvalue weighted by atomic mass is 35.5. The SMILES string of the molecule is CCOC(=O)/C(=N/N(C(=O)CCl)c1ccccc1)C(C)=O. The van der Waals surface area contributed by atoms with Crippen molar-refractivity contribution in [3.8, 4) is 0 Å². The second-order valence-corrected chi connectivity index (χ2v) is 4.17. The second kappa shape index (κ2) is 8.16. The van der Waals surface area contributed by atoms with Crippen molar-refractivity contribution >= 4 is 40.7 Å². The molecule has 0 saturated carbocycles. The molecule has 0 aliphatic heterocycles. The van der Waals surface area contributed by atoms with Gasteiger partial charge in [0.1, 0.15) is 5.88 Å². The number of ketones is 1. The number of anilines is 1. The molecule has 6 nitrogen and oxygen atoms in total. The van der Waals surface area contributed by atoms with Crippen LogP contribution in [0.15, 0.2) is 35.4 Å². The van der Waals surface area contributed by atoms with E-state index in [0.29, 0.717) is 5.69 Å². The number of nitrogens with zero attached hydrogens (tertiary/aromatic N) is 2. The van der Waals surface area contributed by atoms with Gasteiger partial charge in [0, 0.05) is 6.92 Å². The Balaban J connectivity index is 3.24. The van der Waals surface area contributed by atoms with Crippen LogP contribution in [0, 0.1) is 0 Å². The van der Waals surface area contributed by atoms with Crippen molar-refractivity contribution in [3.05, 3.63) is 30.3 Å². The van der Waals surface area contributed by atoms with Crippen molar-refractivity contribution in [2.75, 3.05) is 17.5 Å². The monoisotopic (exact) mass is 310 g/mol. The molecule has 0 fully saturated rings. The van der Waals surface area contributed by atoms with E-state index in [2.05, 4.69) is 5.10 Å². The third-order valence-electron chi connectivity index (χ3n) is 2.35. The van der Waals surface area contributed by atoms with Crippen molar-refractivity contribution in [3.63, 3.8) is 0 Å². The highest BCUT2D eigenvalue weighted by Gasteiger charge is 2.23. The molecule has 0 N–H and O–H groups in total. The van der Waals surface area contributed by atoms with Crippen LogP contribution in [0.2, 0.25) is 0 Å². The van der Waals surface area contributed by atoms with Crippen LogP contribution in [0.4, 0.5) is 5.69 Å². The van der Waals surface area contributed by atoms with Crippen LogP contribution in [-0.4, -0.2) is 35.9 Å². The van der Waals surface area contributed by atoms with Crippen molar-refractivity contribution in [1.29, 1.82) is 0 Å². The first-order valence-corrected chi connectivity index (χ1v) is 6.75. The normalized spacial score (nSPS) is 10.9. The number of halogens is 1. The molecule has 1 amide bonds. The number of Topliss-reactive ketones (excluding diaryl/α,β-unsaturated/α-hetero) is 1. The number of hydrazone groups is 1. The Kier molecular flexibility index (Phi) is 6.55. The van der Waals surface area contributed by atoms with Gasteiger partial charge in [0.2, 0.25) is 5.71 Å². The van der Waals surface area contributed by atoms with Gasteiger partial charge in [-0.15, -0.1) is 11.6 Å². The third kappa shape index (κ3) is 4.68. The number of amides is 1. The van der Waals surface area contributed by atoms with Crippen LogP contribution >= 0.6 is 11.6 Å². The van der Waals surface area contributed by atoms with E-state index in [1.165, 1.54) is 6.92 Å². The molecule has 112 valence electrons. The molecule has 0 bridgehead atoms.